The van der Waals surface area contributed by atoms with E-state index in [0.717, 1.165) is 0 Å². The SMILES string of the molecule is COCC[C@]1(C)Nc2c(cnc3[nH]cc(C(=O)c4ccc(Oc5ccccc5)cc4Cl)c23)NC1=O. The van der Waals surface area contributed by atoms with Gasteiger partial charge in [0.05, 0.1) is 33.5 Å². The molecule has 0 fully saturated rings. The van der Waals surface area contributed by atoms with E-state index >= 15 is 0 Å². The summed E-state index contributed by atoms with van der Waals surface area (Å²) in [5.74, 6) is 0.722. The van der Waals surface area contributed by atoms with Crippen molar-refractivity contribution in [2.75, 3.05) is 24.4 Å². The molecule has 178 valence electrons. The van der Waals surface area contributed by atoms with Crippen LogP contribution in [0.3, 0.4) is 0 Å². The highest BCUT2D eigenvalue weighted by Crippen LogP contribution is 2.40. The second-order valence-corrected chi connectivity index (χ2v) is 8.92. The van der Waals surface area contributed by atoms with Crippen LogP contribution in [0.5, 0.6) is 11.5 Å². The molecule has 3 N–H and O–H groups in total. The van der Waals surface area contributed by atoms with Gasteiger partial charge >= 0.3 is 0 Å². The number of para-hydroxylation sites is 1. The molecular formula is C26H23ClN4O4. The molecule has 2 aromatic heterocycles. The number of fused-ring (bicyclic) bond motifs is 3. The second kappa shape index (κ2) is 9.05. The van der Waals surface area contributed by atoms with Gasteiger partial charge in [0.1, 0.15) is 22.7 Å². The van der Waals surface area contributed by atoms with Crippen molar-refractivity contribution < 1.29 is 19.1 Å². The topological polar surface area (TPSA) is 105 Å². The van der Waals surface area contributed by atoms with Gasteiger partial charge in [-0.05, 0) is 31.2 Å². The molecule has 4 aromatic rings. The summed E-state index contributed by atoms with van der Waals surface area (Å²) in [5.41, 5.74) is 1.45. The van der Waals surface area contributed by atoms with Crippen LogP contribution in [0, 0.1) is 0 Å². The van der Waals surface area contributed by atoms with Crippen LogP contribution in [-0.2, 0) is 9.53 Å². The number of hydrogen-bond donors (Lipinski definition) is 3. The predicted octanol–water partition coefficient (Wildman–Crippen LogP) is 5.40. The number of pyridine rings is 1. The fraction of sp³-hybridized carbons (Fsp3) is 0.192. The maximum atomic E-state index is 13.6. The zero-order valence-corrected chi connectivity index (χ0v) is 19.9. The molecule has 1 amide bonds. The van der Waals surface area contributed by atoms with E-state index in [1.807, 2.05) is 30.3 Å². The number of benzene rings is 2. The molecule has 0 saturated carbocycles. The first-order chi connectivity index (χ1) is 16.9. The summed E-state index contributed by atoms with van der Waals surface area (Å²) in [5, 5.41) is 7.08. The molecule has 9 heteroatoms. The van der Waals surface area contributed by atoms with Gasteiger partial charge in [0, 0.05) is 38.0 Å². The van der Waals surface area contributed by atoms with Crippen molar-refractivity contribution in [3.63, 3.8) is 0 Å². The van der Waals surface area contributed by atoms with Crippen LogP contribution in [0.15, 0.2) is 60.9 Å². The van der Waals surface area contributed by atoms with Gasteiger partial charge in [-0.25, -0.2) is 4.98 Å². The molecule has 35 heavy (non-hydrogen) atoms. The third-order valence-corrected chi connectivity index (χ3v) is 6.38. The number of aromatic amines is 1. The second-order valence-electron chi connectivity index (χ2n) is 8.51. The van der Waals surface area contributed by atoms with Crippen LogP contribution in [0.4, 0.5) is 11.4 Å². The number of H-pyrrole nitrogens is 1. The van der Waals surface area contributed by atoms with E-state index in [2.05, 4.69) is 20.6 Å². The highest BCUT2D eigenvalue weighted by atomic mass is 35.5. The van der Waals surface area contributed by atoms with Crippen LogP contribution in [0.2, 0.25) is 5.02 Å². The Morgan fingerprint density at radius 3 is 2.66 bits per heavy atom. The average Bonchev–Trinajstić information content (AvgIpc) is 3.29. The lowest BCUT2D eigenvalue weighted by molar-refractivity contribution is -0.120. The van der Waals surface area contributed by atoms with Crippen molar-refractivity contribution >= 4 is 45.7 Å². The van der Waals surface area contributed by atoms with Crippen molar-refractivity contribution in [3.8, 4) is 11.5 Å². The van der Waals surface area contributed by atoms with Crippen LogP contribution >= 0.6 is 11.6 Å². The lowest BCUT2D eigenvalue weighted by Crippen LogP contribution is -2.50. The summed E-state index contributed by atoms with van der Waals surface area (Å²) in [6.45, 7) is 2.19. The number of aromatic nitrogens is 2. The van der Waals surface area contributed by atoms with E-state index < -0.39 is 5.54 Å². The molecule has 1 atom stereocenters. The molecule has 0 saturated heterocycles. The van der Waals surface area contributed by atoms with Crippen LogP contribution in [0.1, 0.15) is 29.3 Å². The van der Waals surface area contributed by atoms with Crippen molar-refractivity contribution in [2.45, 2.75) is 18.9 Å². The summed E-state index contributed by atoms with van der Waals surface area (Å²) < 4.78 is 11.0. The van der Waals surface area contributed by atoms with Crippen LogP contribution in [-0.4, -0.2) is 40.9 Å². The number of nitrogens with zero attached hydrogens (tertiary/aromatic N) is 1. The highest BCUT2D eigenvalue weighted by molar-refractivity contribution is 6.36. The minimum atomic E-state index is -0.914. The normalized spacial score (nSPS) is 16.9. The number of halogens is 1. The summed E-state index contributed by atoms with van der Waals surface area (Å²) in [4.78, 5) is 33.8. The third kappa shape index (κ3) is 4.22. The lowest BCUT2D eigenvalue weighted by atomic mass is 9.92. The Morgan fingerprint density at radius 1 is 1.11 bits per heavy atom. The maximum absolute atomic E-state index is 13.6. The first-order valence-electron chi connectivity index (χ1n) is 11.1. The number of amides is 1. The standard InChI is InChI=1S/C26H23ClN4O4/c1-26(10-11-34-2)25(33)30-20-14-29-24-21(22(20)31-26)18(13-28-24)23(32)17-9-8-16(12-19(17)27)35-15-6-4-3-5-7-15/h3-9,12-14,31H,10-11H2,1-2H3,(H,28,29)(H,30,33)/t26-/m0/s1. The van der Waals surface area contributed by atoms with Gasteiger partial charge in [0.2, 0.25) is 5.91 Å². The minimum absolute atomic E-state index is 0.191. The molecule has 0 radical (unpaired) electrons. The third-order valence-electron chi connectivity index (χ3n) is 6.07. The first kappa shape index (κ1) is 22.9. The van der Waals surface area contributed by atoms with E-state index in [0.29, 0.717) is 58.1 Å². The van der Waals surface area contributed by atoms with E-state index in [1.165, 1.54) is 0 Å². The maximum Gasteiger partial charge on any atom is 0.249 e. The van der Waals surface area contributed by atoms with Gasteiger partial charge in [-0.3, -0.25) is 9.59 Å². The fourth-order valence-corrected chi connectivity index (χ4v) is 4.34. The van der Waals surface area contributed by atoms with Crippen molar-refractivity contribution in [1.82, 2.24) is 9.97 Å². The van der Waals surface area contributed by atoms with Crippen molar-refractivity contribution in [1.29, 1.82) is 0 Å². The van der Waals surface area contributed by atoms with Crippen LogP contribution < -0.4 is 15.4 Å². The Kier molecular flexibility index (Phi) is 5.92. The Balaban J connectivity index is 1.51. The monoisotopic (exact) mass is 490 g/mol. The number of anilines is 2. The van der Waals surface area contributed by atoms with Gasteiger partial charge in [0.15, 0.2) is 5.78 Å². The number of carbonyl (C=O) groups is 2. The van der Waals surface area contributed by atoms with Gasteiger partial charge < -0.3 is 25.1 Å². The number of carbonyl (C=O) groups excluding carboxylic acids is 2. The highest BCUT2D eigenvalue weighted by Gasteiger charge is 2.39. The molecule has 5 rings (SSSR count). The summed E-state index contributed by atoms with van der Waals surface area (Å²) in [7, 11) is 1.59. The van der Waals surface area contributed by atoms with E-state index in [1.54, 1.807) is 44.6 Å². The first-order valence-corrected chi connectivity index (χ1v) is 11.4. The van der Waals surface area contributed by atoms with Gasteiger partial charge in [-0.2, -0.15) is 0 Å². The number of ketones is 1. The molecule has 2 aromatic carbocycles. The number of nitrogens with one attached hydrogen (secondary N) is 3. The van der Waals surface area contributed by atoms with Gasteiger partial charge in [0.25, 0.3) is 0 Å². The van der Waals surface area contributed by atoms with E-state index in [4.69, 9.17) is 21.1 Å². The Hall–Kier alpha value is -3.88. The van der Waals surface area contributed by atoms with E-state index in [-0.39, 0.29) is 16.7 Å². The van der Waals surface area contributed by atoms with Crippen molar-refractivity contribution in [3.05, 3.63) is 77.1 Å². The summed E-state index contributed by atoms with van der Waals surface area (Å²) in [6, 6.07) is 14.3. The minimum Gasteiger partial charge on any atom is -0.457 e. The molecule has 1 aliphatic heterocycles. The molecule has 0 bridgehead atoms. The zero-order chi connectivity index (χ0) is 24.6. The van der Waals surface area contributed by atoms with Gasteiger partial charge in [-0.15, -0.1) is 0 Å². The number of rotatable bonds is 7. The van der Waals surface area contributed by atoms with E-state index in [9.17, 15) is 9.59 Å². The molecule has 0 unspecified atom stereocenters. The largest absolute Gasteiger partial charge is 0.457 e. The molecular weight excluding hydrogens is 468 g/mol. The summed E-state index contributed by atoms with van der Waals surface area (Å²) in [6.07, 6.45) is 3.61. The number of methoxy groups -OCH3 is 1. The quantitative estimate of drug-likeness (QED) is 0.300. The van der Waals surface area contributed by atoms with Crippen molar-refractivity contribution in [2.24, 2.45) is 0 Å². The molecule has 8 nitrogen and oxygen atoms in total. The predicted molar refractivity (Wildman–Crippen MR) is 135 cm³/mol. The lowest BCUT2D eigenvalue weighted by Gasteiger charge is -2.36. The number of ether oxygens (including phenoxy) is 2. The van der Waals surface area contributed by atoms with Gasteiger partial charge in [-0.1, -0.05) is 29.8 Å². The Bertz CT molecular complexity index is 1440. The number of hydrogen-bond acceptors (Lipinski definition) is 6. The molecule has 1 aliphatic rings. The molecule has 3 heterocycles. The smallest absolute Gasteiger partial charge is 0.249 e. The Morgan fingerprint density at radius 2 is 1.91 bits per heavy atom. The Labute approximate surface area is 206 Å². The zero-order valence-electron chi connectivity index (χ0n) is 19.1. The van der Waals surface area contributed by atoms with Crippen LogP contribution in [0.25, 0.3) is 11.0 Å². The fourth-order valence-electron chi connectivity index (χ4n) is 4.09. The molecule has 0 aliphatic carbocycles. The average molecular weight is 491 g/mol. The summed E-state index contributed by atoms with van der Waals surface area (Å²) >= 11 is 6.51. The molecule has 0 spiro atoms.